The standard InChI is InChI=1S/C21H23ClF2N2O2S/c1-3-25-21(28)14(2)26(11-15-7-4-5-9-18(15)23)20(27)13-29-12-16-17(22)8-6-10-19(16)24/h4-10,14H,3,11-13H2,1-2H3,(H,25,28). The van der Waals surface area contributed by atoms with Crippen LogP contribution in [0.3, 0.4) is 0 Å². The normalized spacial score (nSPS) is 11.8. The molecule has 2 amide bonds. The van der Waals surface area contributed by atoms with Gasteiger partial charge >= 0.3 is 0 Å². The second-order valence-corrected chi connectivity index (χ2v) is 7.77. The summed E-state index contributed by atoms with van der Waals surface area (Å²) in [5, 5.41) is 2.97. The molecule has 1 atom stereocenters. The van der Waals surface area contributed by atoms with E-state index in [1.165, 1.54) is 34.9 Å². The highest BCUT2D eigenvalue weighted by molar-refractivity contribution is 7.99. The molecule has 0 aliphatic rings. The molecule has 8 heteroatoms. The number of hydrogen-bond acceptors (Lipinski definition) is 3. The maximum atomic E-state index is 14.1. The van der Waals surface area contributed by atoms with Crippen LogP contribution in [0.1, 0.15) is 25.0 Å². The van der Waals surface area contributed by atoms with Crippen molar-refractivity contribution >= 4 is 35.2 Å². The van der Waals surface area contributed by atoms with Crippen LogP contribution in [0, 0.1) is 11.6 Å². The second kappa shape index (κ2) is 11.2. The Morgan fingerprint density at radius 2 is 1.83 bits per heavy atom. The van der Waals surface area contributed by atoms with Gasteiger partial charge in [0.05, 0.1) is 5.75 Å². The molecule has 0 saturated carbocycles. The van der Waals surface area contributed by atoms with Gasteiger partial charge in [0, 0.05) is 35.0 Å². The average molecular weight is 441 g/mol. The summed E-state index contributed by atoms with van der Waals surface area (Å²) in [7, 11) is 0. The molecular formula is C21H23ClF2N2O2S. The lowest BCUT2D eigenvalue weighted by molar-refractivity contribution is -0.138. The largest absolute Gasteiger partial charge is 0.355 e. The predicted octanol–water partition coefficient (Wildman–Crippen LogP) is 4.40. The van der Waals surface area contributed by atoms with Crippen LogP contribution >= 0.6 is 23.4 Å². The third-order valence-electron chi connectivity index (χ3n) is 4.35. The lowest BCUT2D eigenvalue weighted by Crippen LogP contribution is -2.48. The lowest BCUT2D eigenvalue weighted by atomic mass is 10.1. The van der Waals surface area contributed by atoms with E-state index < -0.39 is 17.7 Å². The summed E-state index contributed by atoms with van der Waals surface area (Å²) in [5.41, 5.74) is 0.642. The molecular weight excluding hydrogens is 418 g/mol. The number of halogens is 3. The molecule has 0 heterocycles. The van der Waals surface area contributed by atoms with Gasteiger partial charge in [0.25, 0.3) is 0 Å². The topological polar surface area (TPSA) is 49.4 Å². The molecule has 0 aromatic heterocycles. The molecule has 1 N–H and O–H groups in total. The number of nitrogens with one attached hydrogen (secondary N) is 1. The summed E-state index contributed by atoms with van der Waals surface area (Å²) in [6.07, 6.45) is 0. The molecule has 4 nitrogen and oxygen atoms in total. The molecule has 2 aromatic rings. The Kier molecular flexibility index (Phi) is 8.92. The highest BCUT2D eigenvalue weighted by Crippen LogP contribution is 2.24. The Hall–Kier alpha value is -2.12. The summed E-state index contributed by atoms with van der Waals surface area (Å²) in [4.78, 5) is 26.5. The van der Waals surface area contributed by atoms with Crippen LogP contribution in [0.2, 0.25) is 5.02 Å². The molecule has 2 aromatic carbocycles. The van der Waals surface area contributed by atoms with Crippen molar-refractivity contribution in [1.29, 1.82) is 0 Å². The number of hydrogen-bond donors (Lipinski definition) is 1. The monoisotopic (exact) mass is 440 g/mol. The zero-order valence-electron chi connectivity index (χ0n) is 16.3. The van der Waals surface area contributed by atoms with Gasteiger partial charge in [0.1, 0.15) is 17.7 Å². The average Bonchev–Trinajstić information content (AvgIpc) is 2.69. The van der Waals surface area contributed by atoms with Gasteiger partial charge in [-0.15, -0.1) is 11.8 Å². The van der Waals surface area contributed by atoms with Crippen LogP contribution in [0.15, 0.2) is 42.5 Å². The van der Waals surface area contributed by atoms with Crippen molar-refractivity contribution in [2.45, 2.75) is 32.2 Å². The van der Waals surface area contributed by atoms with Gasteiger partial charge in [0.2, 0.25) is 11.8 Å². The fourth-order valence-corrected chi connectivity index (χ4v) is 3.96. The van der Waals surface area contributed by atoms with E-state index >= 15 is 0 Å². The van der Waals surface area contributed by atoms with Crippen LogP contribution in [0.5, 0.6) is 0 Å². The van der Waals surface area contributed by atoms with Gasteiger partial charge in [-0.3, -0.25) is 9.59 Å². The number of thioether (sulfide) groups is 1. The van der Waals surface area contributed by atoms with Crippen molar-refractivity contribution in [2.24, 2.45) is 0 Å². The summed E-state index contributed by atoms with van der Waals surface area (Å²) in [6.45, 7) is 3.76. The molecule has 0 spiro atoms. The van der Waals surface area contributed by atoms with E-state index in [0.29, 0.717) is 22.7 Å². The molecule has 0 saturated heterocycles. The second-order valence-electron chi connectivity index (χ2n) is 6.38. The minimum Gasteiger partial charge on any atom is -0.355 e. The first-order valence-electron chi connectivity index (χ1n) is 9.16. The zero-order valence-corrected chi connectivity index (χ0v) is 17.8. The molecule has 1 unspecified atom stereocenters. The van der Waals surface area contributed by atoms with Crippen LogP contribution in [-0.2, 0) is 21.9 Å². The van der Waals surface area contributed by atoms with E-state index in [4.69, 9.17) is 11.6 Å². The van der Waals surface area contributed by atoms with E-state index in [1.807, 2.05) is 0 Å². The smallest absolute Gasteiger partial charge is 0.242 e. The van der Waals surface area contributed by atoms with E-state index in [2.05, 4.69) is 5.32 Å². The Morgan fingerprint density at radius 3 is 2.48 bits per heavy atom. The third-order valence-corrected chi connectivity index (χ3v) is 5.65. The number of carbonyl (C=O) groups is 2. The zero-order chi connectivity index (χ0) is 21.4. The molecule has 0 aliphatic carbocycles. The number of benzene rings is 2. The maximum absolute atomic E-state index is 14.1. The van der Waals surface area contributed by atoms with E-state index in [1.54, 1.807) is 38.1 Å². The first kappa shape index (κ1) is 23.2. The van der Waals surface area contributed by atoms with Crippen LogP contribution in [0.25, 0.3) is 0 Å². The van der Waals surface area contributed by atoms with Crippen molar-refractivity contribution in [1.82, 2.24) is 10.2 Å². The Balaban J connectivity index is 2.11. The number of carbonyl (C=O) groups excluding carboxylic acids is 2. The first-order valence-corrected chi connectivity index (χ1v) is 10.7. The van der Waals surface area contributed by atoms with Crippen molar-refractivity contribution in [3.8, 4) is 0 Å². The minimum absolute atomic E-state index is 0.00284. The van der Waals surface area contributed by atoms with Gasteiger partial charge in [-0.05, 0) is 32.0 Å². The summed E-state index contributed by atoms with van der Waals surface area (Å²) in [6, 6.07) is 9.76. The van der Waals surface area contributed by atoms with Crippen molar-refractivity contribution in [3.05, 3.63) is 70.2 Å². The minimum atomic E-state index is -0.778. The van der Waals surface area contributed by atoms with Gasteiger partial charge in [-0.1, -0.05) is 35.9 Å². The van der Waals surface area contributed by atoms with Crippen LogP contribution < -0.4 is 5.32 Å². The highest BCUT2D eigenvalue weighted by Gasteiger charge is 2.26. The van der Waals surface area contributed by atoms with E-state index in [-0.39, 0.29) is 29.9 Å². The SMILES string of the molecule is CCNC(=O)C(C)N(Cc1ccccc1F)C(=O)CSCc1c(F)cccc1Cl. The molecule has 29 heavy (non-hydrogen) atoms. The molecule has 0 bridgehead atoms. The van der Waals surface area contributed by atoms with Crippen molar-refractivity contribution < 1.29 is 18.4 Å². The van der Waals surface area contributed by atoms with Gasteiger partial charge < -0.3 is 10.2 Å². The summed E-state index contributed by atoms with van der Waals surface area (Å²) in [5.74, 6) is -1.33. The highest BCUT2D eigenvalue weighted by atomic mass is 35.5. The summed E-state index contributed by atoms with van der Waals surface area (Å²) < 4.78 is 28.0. The predicted molar refractivity (Wildman–Crippen MR) is 113 cm³/mol. The number of likely N-dealkylation sites (N-methyl/N-ethyl adjacent to an activating group) is 1. The number of rotatable bonds is 9. The molecule has 0 fully saturated rings. The molecule has 0 radical (unpaired) electrons. The quantitative estimate of drug-likeness (QED) is 0.628. The number of nitrogens with zero attached hydrogens (tertiary/aromatic N) is 1. The fourth-order valence-electron chi connectivity index (χ4n) is 2.71. The maximum Gasteiger partial charge on any atom is 0.242 e. The van der Waals surface area contributed by atoms with Gasteiger partial charge in [-0.25, -0.2) is 8.78 Å². The lowest BCUT2D eigenvalue weighted by Gasteiger charge is -2.28. The third kappa shape index (κ3) is 6.44. The summed E-state index contributed by atoms with van der Waals surface area (Å²) >= 11 is 7.20. The molecule has 156 valence electrons. The molecule has 0 aliphatic heterocycles. The van der Waals surface area contributed by atoms with Gasteiger partial charge in [0.15, 0.2) is 0 Å². The van der Waals surface area contributed by atoms with E-state index in [9.17, 15) is 18.4 Å². The van der Waals surface area contributed by atoms with E-state index in [0.717, 1.165) is 0 Å². The van der Waals surface area contributed by atoms with Crippen LogP contribution in [-0.4, -0.2) is 35.1 Å². The van der Waals surface area contributed by atoms with Crippen molar-refractivity contribution in [3.63, 3.8) is 0 Å². The van der Waals surface area contributed by atoms with Gasteiger partial charge in [-0.2, -0.15) is 0 Å². The van der Waals surface area contributed by atoms with Crippen molar-refractivity contribution in [2.75, 3.05) is 12.3 Å². The Labute approximate surface area is 178 Å². The Bertz CT molecular complexity index is 846. The number of amides is 2. The fraction of sp³-hybridized carbons (Fsp3) is 0.333. The first-order chi connectivity index (χ1) is 13.8. The molecule has 2 rings (SSSR count). The Morgan fingerprint density at radius 1 is 1.14 bits per heavy atom. The van der Waals surface area contributed by atoms with Crippen LogP contribution in [0.4, 0.5) is 8.78 Å².